The van der Waals surface area contributed by atoms with Crippen LogP contribution in [0, 0.1) is 6.92 Å². The van der Waals surface area contributed by atoms with Gasteiger partial charge in [-0.2, -0.15) is 0 Å². The summed E-state index contributed by atoms with van der Waals surface area (Å²) in [5.41, 5.74) is 0.777. The van der Waals surface area contributed by atoms with Gasteiger partial charge < -0.3 is 4.90 Å². The number of halogens is 2. The zero-order valence-corrected chi connectivity index (χ0v) is 11.7. The van der Waals surface area contributed by atoms with E-state index in [4.69, 9.17) is 11.6 Å². The van der Waals surface area contributed by atoms with Crippen molar-refractivity contribution in [3.8, 4) is 0 Å². The van der Waals surface area contributed by atoms with Crippen LogP contribution in [0.1, 0.15) is 19.5 Å². The molecule has 0 spiro atoms. The van der Waals surface area contributed by atoms with Crippen LogP contribution in [0.15, 0.2) is 10.7 Å². The van der Waals surface area contributed by atoms with Gasteiger partial charge in [-0.15, -0.1) is 11.6 Å². The largest absolute Gasteiger partial charge is 0.338 e. The number of hydrogen-bond acceptors (Lipinski definition) is 3. The third kappa shape index (κ3) is 2.82. The molecular formula is C10H15BrClN3. The topological polar surface area (TPSA) is 29.0 Å². The lowest BCUT2D eigenvalue weighted by Gasteiger charge is -2.33. The lowest BCUT2D eigenvalue weighted by molar-refractivity contribution is 0.534. The maximum Gasteiger partial charge on any atom is 0.225 e. The van der Waals surface area contributed by atoms with E-state index in [0.717, 1.165) is 10.2 Å². The van der Waals surface area contributed by atoms with Gasteiger partial charge in [0.1, 0.15) is 0 Å². The summed E-state index contributed by atoms with van der Waals surface area (Å²) in [4.78, 5) is 10.6. The van der Waals surface area contributed by atoms with Crippen molar-refractivity contribution in [1.82, 2.24) is 9.97 Å². The molecule has 0 unspecified atom stereocenters. The van der Waals surface area contributed by atoms with E-state index in [1.54, 1.807) is 6.20 Å². The SMILES string of the molecule is Cc1nc(N(C)C(C)(C)CCl)ncc1Br. The van der Waals surface area contributed by atoms with Crippen LogP contribution >= 0.6 is 27.5 Å². The number of hydrogen-bond donors (Lipinski definition) is 0. The predicted octanol–water partition coefficient (Wildman–Crippen LogP) is 3.00. The Balaban J connectivity index is 3.02. The second kappa shape index (κ2) is 4.66. The molecule has 84 valence electrons. The highest BCUT2D eigenvalue weighted by molar-refractivity contribution is 9.10. The highest BCUT2D eigenvalue weighted by atomic mass is 79.9. The summed E-state index contributed by atoms with van der Waals surface area (Å²) in [5, 5.41) is 0. The fraction of sp³-hybridized carbons (Fsp3) is 0.600. The van der Waals surface area contributed by atoms with E-state index in [0.29, 0.717) is 11.8 Å². The molecular weight excluding hydrogens is 277 g/mol. The molecule has 0 saturated carbocycles. The number of nitrogens with zero attached hydrogens (tertiary/aromatic N) is 3. The molecule has 1 heterocycles. The van der Waals surface area contributed by atoms with E-state index in [9.17, 15) is 0 Å². The molecule has 0 radical (unpaired) electrons. The van der Waals surface area contributed by atoms with E-state index in [-0.39, 0.29) is 5.54 Å². The van der Waals surface area contributed by atoms with Gasteiger partial charge in [0, 0.05) is 19.1 Å². The Morgan fingerprint density at radius 2 is 2.13 bits per heavy atom. The molecule has 0 atom stereocenters. The first-order valence-corrected chi connectivity index (χ1v) is 6.00. The summed E-state index contributed by atoms with van der Waals surface area (Å²) in [6.07, 6.45) is 1.76. The van der Waals surface area contributed by atoms with Gasteiger partial charge in [0.05, 0.1) is 15.7 Å². The first-order valence-electron chi connectivity index (χ1n) is 4.67. The zero-order chi connectivity index (χ0) is 11.6. The molecule has 0 aromatic carbocycles. The van der Waals surface area contributed by atoms with Gasteiger partial charge in [0.2, 0.25) is 5.95 Å². The van der Waals surface area contributed by atoms with Crippen LogP contribution in [-0.2, 0) is 0 Å². The van der Waals surface area contributed by atoms with Gasteiger partial charge in [-0.3, -0.25) is 0 Å². The van der Waals surface area contributed by atoms with E-state index in [1.807, 2.05) is 18.9 Å². The molecule has 0 N–H and O–H groups in total. The molecule has 0 aliphatic carbocycles. The average Bonchev–Trinajstić information content (AvgIpc) is 2.21. The first-order chi connectivity index (χ1) is 6.88. The smallest absolute Gasteiger partial charge is 0.225 e. The highest BCUT2D eigenvalue weighted by Crippen LogP contribution is 2.21. The Kier molecular flexibility index (Phi) is 3.95. The quantitative estimate of drug-likeness (QED) is 0.802. The summed E-state index contributed by atoms with van der Waals surface area (Å²) in [7, 11) is 1.95. The lowest BCUT2D eigenvalue weighted by Crippen LogP contribution is -2.43. The maximum absolute atomic E-state index is 5.90. The fourth-order valence-corrected chi connectivity index (χ4v) is 1.33. The van der Waals surface area contributed by atoms with Crippen molar-refractivity contribution in [2.75, 3.05) is 17.8 Å². The molecule has 0 bridgehead atoms. The maximum atomic E-state index is 5.90. The zero-order valence-electron chi connectivity index (χ0n) is 9.38. The van der Waals surface area contributed by atoms with E-state index >= 15 is 0 Å². The van der Waals surface area contributed by atoms with Crippen LogP contribution in [0.3, 0.4) is 0 Å². The fourth-order valence-electron chi connectivity index (χ4n) is 0.962. The van der Waals surface area contributed by atoms with Crippen molar-refractivity contribution in [1.29, 1.82) is 0 Å². The minimum absolute atomic E-state index is 0.151. The third-order valence-corrected chi connectivity index (χ3v) is 3.87. The third-order valence-electron chi connectivity index (χ3n) is 2.44. The van der Waals surface area contributed by atoms with Crippen LogP contribution < -0.4 is 4.90 Å². The summed E-state index contributed by atoms with van der Waals surface area (Å²) < 4.78 is 0.920. The normalized spacial score (nSPS) is 11.6. The van der Waals surface area contributed by atoms with E-state index < -0.39 is 0 Å². The Hall–Kier alpha value is -0.350. The Bertz CT molecular complexity index is 355. The van der Waals surface area contributed by atoms with E-state index in [2.05, 4.69) is 39.7 Å². The number of rotatable bonds is 3. The average molecular weight is 293 g/mol. The van der Waals surface area contributed by atoms with Crippen LogP contribution in [0.2, 0.25) is 0 Å². The van der Waals surface area contributed by atoms with Crippen molar-refractivity contribution >= 4 is 33.5 Å². The molecule has 1 aromatic heterocycles. The number of aryl methyl sites for hydroxylation is 1. The predicted molar refractivity (Wildman–Crippen MR) is 67.7 cm³/mol. The van der Waals surface area contributed by atoms with Crippen LogP contribution in [-0.4, -0.2) is 28.4 Å². The summed E-state index contributed by atoms with van der Waals surface area (Å²) in [6.45, 7) is 6.05. The first kappa shape index (κ1) is 12.7. The van der Waals surface area contributed by atoms with Gasteiger partial charge in [-0.25, -0.2) is 9.97 Å². The van der Waals surface area contributed by atoms with Gasteiger partial charge in [-0.05, 0) is 36.7 Å². The van der Waals surface area contributed by atoms with Crippen molar-refractivity contribution in [2.45, 2.75) is 26.3 Å². The molecule has 15 heavy (non-hydrogen) atoms. The Labute approximate surface area is 104 Å². The summed E-state index contributed by atoms with van der Waals surface area (Å²) in [5.74, 6) is 1.23. The van der Waals surface area contributed by atoms with Crippen molar-refractivity contribution in [2.24, 2.45) is 0 Å². The second-order valence-electron chi connectivity index (χ2n) is 4.11. The summed E-state index contributed by atoms with van der Waals surface area (Å²) in [6, 6.07) is 0. The number of aromatic nitrogens is 2. The van der Waals surface area contributed by atoms with Crippen molar-refractivity contribution in [3.05, 3.63) is 16.4 Å². The number of anilines is 1. The second-order valence-corrected chi connectivity index (χ2v) is 5.23. The van der Waals surface area contributed by atoms with E-state index in [1.165, 1.54) is 0 Å². The summed E-state index contributed by atoms with van der Waals surface area (Å²) >= 11 is 9.28. The minimum Gasteiger partial charge on any atom is -0.338 e. The molecule has 1 aromatic rings. The molecule has 0 aliphatic rings. The molecule has 0 amide bonds. The molecule has 0 saturated heterocycles. The highest BCUT2D eigenvalue weighted by Gasteiger charge is 2.24. The molecule has 0 aliphatic heterocycles. The molecule has 5 heteroatoms. The lowest BCUT2D eigenvalue weighted by atomic mass is 10.1. The van der Waals surface area contributed by atoms with Crippen molar-refractivity contribution < 1.29 is 0 Å². The molecule has 1 rings (SSSR count). The van der Waals surface area contributed by atoms with Gasteiger partial charge in [0.25, 0.3) is 0 Å². The van der Waals surface area contributed by atoms with Crippen LogP contribution in [0.25, 0.3) is 0 Å². The molecule has 3 nitrogen and oxygen atoms in total. The minimum atomic E-state index is -0.151. The van der Waals surface area contributed by atoms with Crippen molar-refractivity contribution in [3.63, 3.8) is 0 Å². The van der Waals surface area contributed by atoms with Gasteiger partial charge in [-0.1, -0.05) is 0 Å². The molecule has 0 fully saturated rings. The van der Waals surface area contributed by atoms with Gasteiger partial charge >= 0.3 is 0 Å². The number of alkyl halides is 1. The standard InChI is InChI=1S/C10H15BrClN3/c1-7-8(11)5-13-9(14-7)15(4)10(2,3)6-12/h5H,6H2,1-4H3. The van der Waals surface area contributed by atoms with Crippen LogP contribution in [0.5, 0.6) is 0 Å². The van der Waals surface area contributed by atoms with Crippen LogP contribution in [0.4, 0.5) is 5.95 Å². The monoisotopic (exact) mass is 291 g/mol. The van der Waals surface area contributed by atoms with Gasteiger partial charge in [0.15, 0.2) is 0 Å². The Morgan fingerprint density at radius 3 is 2.60 bits per heavy atom. The Morgan fingerprint density at radius 1 is 1.53 bits per heavy atom.